The number of halogens is 1. The first-order valence-corrected chi connectivity index (χ1v) is 10.2. The zero-order valence-corrected chi connectivity index (χ0v) is 17.2. The van der Waals surface area contributed by atoms with Crippen molar-refractivity contribution in [2.75, 3.05) is 0 Å². The molecule has 0 radical (unpaired) electrons. The number of hydrogen-bond donors (Lipinski definition) is 1. The molecule has 0 saturated carbocycles. The third kappa shape index (κ3) is 4.04. The summed E-state index contributed by atoms with van der Waals surface area (Å²) in [5, 5.41) is 15.4. The molecule has 30 heavy (non-hydrogen) atoms. The lowest BCUT2D eigenvalue weighted by molar-refractivity contribution is -0.114. The van der Waals surface area contributed by atoms with Gasteiger partial charge in [0, 0.05) is 11.5 Å². The Morgan fingerprint density at radius 3 is 2.80 bits per heavy atom. The molecule has 8 heteroatoms. The van der Waals surface area contributed by atoms with Crippen LogP contribution < -0.4 is 4.74 Å². The molecule has 6 nitrogen and oxygen atoms in total. The van der Waals surface area contributed by atoms with Crippen molar-refractivity contribution < 1.29 is 13.9 Å². The number of thioether (sulfide) groups is 1. The summed E-state index contributed by atoms with van der Waals surface area (Å²) in [5.74, 6) is -0.0942. The van der Waals surface area contributed by atoms with Crippen LogP contribution in [0.2, 0.25) is 0 Å². The molecule has 2 heterocycles. The van der Waals surface area contributed by atoms with Crippen LogP contribution in [0.25, 0.3) is 6.08 Å². The number of ether oxygens (including phenoxy) is 1. The van der Waals surface area contributed by atoms with Crippen molar-refractivity contribution in [2.45, 2.75) is 20.5 Å². The van der Waals surface area contributed by atoms with Gasteiger partial charge in [0.15, 0.2) is 5.84 Å². The summed E-state index contributed by atoms with van der Waals surface area (Å²) < 4.78 is 19.5. The van der Waals surface area contributed by atoms with Crippen LogP contribution in [-0.4, -0.2) is 27.0 Å². The second-order valence-electron chi connectivity index (χ2n) is 7.07. The number of fused-ring (bicyclic) bond motifs is 1. The third-order valence-corrected chi connectivity index (χ3v) is 5.69. The average molecular weight is 422 g/mol. The van der Waals surface area contributed by atoms with E-state index in [1.165, 1.54) is 22.8 Å². The monoisotopic (exact) mass is 422 g/mol. The Morgan fingerprint density at radius 1 is 1.23 bits per heavy atom. The van der Waals surface area contributed by atoms with Crippen LogP contribution in [0, 0.1) is 17.1 Å². The van der Waals surface area contributed by atoms with Crippen LogP contribution >= 0.6 is 11.8 Å². The molecular formula is C22H19FN4O2S. The summed E-state index contributed by atoms with van der Waals surface area (Å²) in [4.78, 5) is 16.6. The van der Waals surface area contributed by atoms with Crippen molar-refractivity contribution in [2.24, 2.45) is 16.0 Å². The van der Waals surface area contributed by atoms with E-state index in [0.29, 0.717) is 22.0 Å². The number of amides is 1. The molecule has 2 aliphatic rings. The van der Waals surface area contributed by atoms with E-state index >= 15 is 0 Å². The van der Waals surface area contributed by atoms with Gasteiger partial charge in [-0.25, -0.2) is 4.39 Å². The van der Waals surface area contributed by atoms with Gasteiger partial charge in [0.2, 0.25) is 5.17 Å². The van der Waals surface area contributed by atoms with Gasteiger partial charge in [-0.05, 0) is 41.6 Å². The van der Waals surface area contributed by atoms with Crippen LogP contribution in [0.1, 0.15) is 25.0 Å². The Morgan fingerprint density at radius 2 is 2.03 bits per heavy atom. The van der Waals surface area contributed by atoms with Crippen molar-refractivity contribution in [3.05, 3.63) is 71.0 Å². The minimum Gasteiger partial charge on any atom is -0.489 e. The molecule has 1 amide bonds. The number of rotatable bonds is 5. The van der Waals surface area contributed by atoms with Crippen LogP contribution in [0.5, 0.6) is 5.75 Å². The number of nitrogens with zero attached hydrogens (tertiary/aromatic N) is 3. The van der Waals surface area contributed by atoms with E-state index in [1.807, 2.05) is 13.8 Å². The lowest BCUT2D eigenvalue weighted by Crippen LogP contribution is -2.35. The quantitative estimate of drug-likeness (QED) is 0.710. The van der Waals surface area contributed by atoms with Gasteiger partial charge in [0.05, 0.1) is 5.57 Å². The van der Waals surface area contributed by atoms with Crippen molar-refractivity contribution in [3.63, 3.8) is 0 Å². The number of amidine groups is 2. The number of carbonyl (C=O) groups excluding carboxylic acids is 1. The van der Waals surface area contributed by atoms with Gasteiger partial charge in [0.1, 0.15) is 23.2 Å². The van der Waals surface area contributed by atoms with Crippen molar-refractivity contribution in [1.29, 1.82) is 5.41 Å². The zero-order valence-electron chi connectivity index (χ0n) is 16.4. The van der Waals surface area contributed by atoms with Gasteiger partial charge in [-0.15, -0.1) is 0 Å². The highest BCUT2D eigenvalue weighted by atomic mass is 32.2. The first-order valence-electron chi connectivity index (χ1n) is 9.39. The molecule has 0 aromatic heterocycles. The van der Waals surface area contributed by atoms with Gasteiger partial charge >= 0.3 is 0 Å². The molecular weight excluding hydrogens is 403 g/mol. The zero-order chi connectivity index (χ0) is 21.3. The highest BCUT2D eigenvalue weighted by molar-refractivity contribution is 8.27. The smallest absolute Gasteiger partial charge is 0.283 e. The number of aliphatic imine (C=N–C) groups is 1. The fourth-order valence-electron chi connectivity index (χ4n) is 2.88. The normalized spacial score (nSPS) is 17.3. The van der Waals surface area contributed by atoms with Gasteiger partial charge < -0.3 is 4.74 Å². The average Bonchev–Trinajstić information content (AvgIpc) is 3.15. The highest BCUT2D eigenvalue weighted by Gasteiger charge is 2.36. The van der Waals surface area contributed by atoms with E-state index in [4.69, 9.17) is 10.1 Å². The lowest BCUT2D eigenvalue weighted by Gasteiger charge is -2.20. The molecule has 2 aromatic carbocycles. The Hall–Kier alpha value is -3.26. The topological polar surface area (TPSA) is 78.1 Å². The Balaban J connectivity index is 1.55. The molecule has 0 aliphatic carbocycles. The Kier molecular flexibility index (Phi) is 5.50. The molecule has 0 saturated heterocycles. The minimum absolute atomic E-state index is 0.00849. The predicted molar refractivity (Wildman–Crippen MR) is 117 cm³/mol. The fourth-order valence-corrected chi connectivity index (χ4v) is 3.77. The standard InChI is InChI=1S/C22H19FN4O2S/c1-13(2)21-26-27-19(24)17(20(28)25-22(27)30-21)11-14-6-5-8-16(10-14)29-12-15-7-3-4-9-18(15)23/h3-11,13,24H,12H2,1-2H3/b17-11-,24-19?. The molecule has 2 aromatic rings. The van der Waals surface area contributed by atoms with Crippen molar-refractivity contribution in [3.8, 4) is 5.75 Å². The third-order valence-electron chi connectivity index (χ3n) is 4.49. The van der Waals surface area contributed by atoms with Crippen LogP contribution in [-0.2, 0) is 11.4 Å². The first kappa shape index (κ1) is 20.0. The van der Waals surface area contributed by atoms with Crippen LogP contribution in [0.3, 0.4) is 0 Å². The van der Waals surface area contributed by atoms with E-state index in [9.17, 15) is 9.18 Å². The van der Waals surface area contributed by atoms with E-state index in [0.717, 1.165) is 5.04 Å². The van der Waals surface area contributed by atoms with Crippen LogP contribution in [0.15, 0.2) is 64.2 Å². The molecule has 0 spiro atoms. The van der Waals surface area contributed by atoms with Crippen LogP contribution in [0.4, 0.5) is 4.39 Å². The van der Waals surface area contributed by atoms with E-state index in [2.05, 4.69) is 10.1 Å². The van der Waals surface area contributed by atoms with Crippen molar-refractivity contribution >= 4 is 39.8 Å². The largest absolute Gasteiger partial charge is 0.489 e. The van der Waals surface area contributed by atoms with Gasteiger partial charge in [-0.2, -0.15) is 15.1 Å². The summed E-state index contributed by atoms with van der Waals surface area (Å²) in [7, 11) is 0. The summed E-state index contributed by atoms with van der Waals surface area (Å²) >= 11 is 1.31. The molecule has 4 rings (SSSR count). The maximum Gasteiger partial charge on any atom is 0.283 e. The summed E-state index contributed by atoms with van der Waals surface area (Å²) in [5.41, 5.74) is 1.28. The maximum atomic E-state index is 13.8. The number of benzene rings is 2. The van der Waals surface area contributed by atoms with E-state index in [1.54, 1.807) is 48.5 Å². The SMILES string of the molecule is CC(C)C1=NN2C(=N)/C(=C/c3cccc(OCc4ccccc4F)c3)C(=O)N=C2S1. The summed E-state index contributed by atoms with van der Waals surface area (Å²) in [6, 6.07) is 13.5. The number of hydrazone groups is 1. The molecule has 2 aliphatic heterocycles. The molecule has 1 N–H and O–H groups in total. The molecule has 0 bridgehead atoms. The van der Waals surface area contributed by atoms with E-state index in [-0.39, 0.29) is 29.8 Å². The fraction of sp³-hybridized carbons (Fsp3) is 0.182. The van der Waals surface area contributed by atoms with Crippen molar-refractivity contribution in [1.82, 2.24) is 5.01 Å². The molecule has 152 valence electrons. The predicted octanol–water partition coefficient (Wildman–Crippen LogP) is 4.68. The summed E-state index contributed by atoms with van der Waals surface area (Å²) in [6.07, 6.45) is 1.59. The number of hydrogen-bond acceptors (Lipinski definition) is 5. The molecule has 0 fully saturated rings. The van der Waals surface area contributed by atoms with Gasteiger partial charge in [-0.3, -0.25) is 10.2 Å². The summed E-state index contributed by atoms with van der Waals surface area (Å²) in [6.45, 7) is 4.09. The molecule has 0 unspecified atom stereocenters. The second-order valence-corrected chi connectivity index (χ2v) is 8.05. The lowest BCUT2D eigenvalue weighted by atomic mass is 10.1. The second kappa shape index (κ2) is 8.23. The number of nitrogens with one attached hydrogen (secondary N) is 1. The van der Waals surface area contributed by atoms with Gasteiger partial charge in [-0.1, -0.05) is 44.2 Å². The minimum atomic E-state index is -0.475. The van der Waals surface area contributed by atoms with E-state index < -0.39 is 5.91 Å². The Bertz CT molecular complexity index is 1120. The highest BCUT2D eigenvalue weighted by Crippen LogP contribution is 2.31. The Labute approximate surface area is 177 Å². The number of carbonyl (C=O) groups is 1. The first-order chi connectivity index (χ1) is 14.4. The van der Waals surface area contributed by atoms with Gasteiger partial charge in [0.25, 0.3) is 5.91 Å². The maximum absolute atomic E-state index is 13.8. The molecule has 0 atom stereocenters.